The molecule has 0 radical (unpaired) electrons. The molecule has 0 aliphatic rings. The van der Waals surface area contributed by atoms with Crippen LogP contribution < -0.4 is 4.74 Å². The normalized spacial score (nSPS) is 10.6. The first-order valence-electron chi connectivity index (χ1n) is 5.68. The minimum atomic E-state index is 0.537. The molecule has 0 fully saturated rings. The van der Waals surface area contributed by atoms with Gasteiger partial charge in [-0.05, 0) is 41.8 Å². The molecule has 2 rings (SSSR count). The minimum absolute atomic E-state index is 0.537. The molecule has 0 saturated heterocycles. The third kappa shape index (κ3) is 3.24. The van der Waals surface area contributed by atoms with Crippen molar-refractivity contribution in [3.63, 3.8) is 0 Å². The van der Waals surface area contributed by atoms with Crippen molar-refractivity contribution >= 4 is 11.6 Å². The highest BCUT2D eigenvalue weighted by Crippen LogP contribution is 2.25. The molecule has 17 heavy (non-hydrogen) atoms. The average molecular weight is 247 g/mol. The second-order valence-electron chi connectivity index (χ2n) is 4.28. The molecule has 88 valence electrons. The van der Waals surface area contributed by atoms with E-state index in [2.05, 4.69) is 26.0 Å². The van der Waals surface area contributed by atoms with Gasteiger partial charge < -0.3 is 4.74 Å². The summed E-state index contributed by atoms with van der Waals surface area (Å²) < 4.78 is 5.71. The summed E-state index contributed by atoms with van der Waals surface area (Å²) in [6.45, 7) is 4.35. The Kier molecular flexibility index (Phi) is 3.70. The first kappa shape index (κ1) is 12.0. The quantitative estimate of drug-likeness (QED) is 0.718. The molecule has 0 N–H and O–H groups in total. The highest BCUT2D eigenvalue weighted by molar-refractivity contribution is 6.30. The zero-order chi connectivity index (χ0) is 12.3. The Labute approximate surface area is 107 Å². The fraction of sp³-hybridized carbons (Fsp3) is 0.200. The summed E-state index contributed by atoms with van der Waals surface area (Å²) in [5.41, 5.74) is 1.31. The molecule has 0 bridgehead atoms. The topological polar surface area (TPSA) is 9.23 Å². The Bertz CT molecular complexity index is 489. The molecule has 0 aliphatic heterocycles. The van der Waals surface area contributed by atoms with E-state index in [1.165, 1.54) is 5.56 Å². The van der Waals surface area contributed by atoms with Gasteiger partial charge in [0, 0.05) is 5.02 Å². The van der Waals surface area contributed by atoms with E-state index >= 15 is 0 Å². The van der Waals surface area contributed by atoms with Crippen LogP contribution >= 0.6 is 11.6 Å². The van der Waals surface area contributed by atoms with E-state index in [4.69, 9.17) is 16.3 Å². The van der Waals surface area contributed by atoms with Crippen LogP contribution in [0.1, 0.15) is 25.3 Å². The highest BCUT2D eigenvalue weighted by Gasteiger charge is 2.01. The first-order valence-corrected chi connectivity index (χ1v) is 6.06. The lowest BCUT2D eigenvalue weighted by atomic mass is 10.0. The molecule has 0 saturated carbocycles. The SMILES string of the molecule is CC(C)c1ccc(Oc2cccc(Cl)c2)cc1. The summed E-state index contributed by atoms with van der Waals surface area (Å²) >= 11 is 5.90. The zero-order valence-corrected chi connectivity index (χ0v) is 10.7. The Hall–Kier alpha value is -1.47. The summed E-state index contributed by atoms with van der Waals surface area (Å²) in [4.78, 5) is 0. The number of halogens is 1. The molecule has 1 nitrogen and oxygen atoms in total. The lowest BCUT2D eigenvalue weighted by Crippen LogP contribution is -1.88. The molecule has 0 heterocycles. The lowest BCUT2D eigenvalue weighted by Gasteiger charge is -2.08. The second-order valence-corrected chi connectivity index (χ2v) is 4.72. The van der Waals surface area contributed by atoms with Crippen LogP contribution in [0.25, 0.3) is 0 Å². The van der Waals surface area contributed by atoms with Crippen LogP contribution in [-0.2, 0) is 0 Å². The smallest absolute Gasteiger partial charge is 0.128 e. The van der Waals surface area contributed by atoms with Gasteiger partial charge in [0.1, 0.15) is 11.5 Å². The van der Waals surface area contributed by atoms with Crippen LogP contribution in [0.5, 0.6) is 11.5 Å². The standard InChI is InChI=1S/C15H15ClO/c1-11(2)12-6-8-14(9-7-12)17-15-5-3-4-13(16)10-15/h3-11H,1-2H3. The van der Waals surface area contributed by atoms with E-state index in [1.54, 1.807) is 6.07 Å². The molecule has 2 heteroatoms. The average Bonchev–Trinajstić information content (AvgIpc) is 2.29. The molecular formula is C15H15ClO. The van der Waals surface area contributed by atoms with Crippen molar-refractivity contribution in [2.75, 3.05) is 0 Å². The van der Waals surface area contributed by atoms with E-state index in [1.807, 2.05) is 30.3 Å². The summed E-state index contributed by atoms with van der Waals surface area (Å²) in [7, 11) is 0. The monoisotopic (exact) mass is 246 g/mol. The maximum absolute atomic E-state index is 5.90. The number of benzene rings is 2. The van der Waals surface area contributed by atoms with Crippen molar-refractivity contribution in [2.24, 2.45) is 0 Å². The van der Waals surface area contributed by atoms with E-state index in [0.29, 0.717) is 10.9 Å². The van der Waals surface area contributed by atoms with Gasteiger partial charge >= 0.3 is 0 Å². The van der Waals surface area contributed by atoms with Gasteiger partial charge in [-0.3, -0.25) is 0 Å². The molecular weight excluding hydrogens is 232 g/mol. The van der Waals surface area contributed by atoms with Crippen molar-refractivity contribution in [1.82, 2.24) is 0 Å². The lowest BCUT2D eigenvalue weighted by molar-refractivity contribution is 0.482. The van der Waals surface area contributed by atoms with Gasteiger partial charge in [-0.2, -0.15) is 0 Å². The summed E-state index contributed by atoms with van der Waals surface area (Å²) in [6.07, 6.45) is 0. The number of hydrogen-bond donors (Lipinski definition) is 0. The van der Waals surface area contributed by atoms with E-state index in [-0.39, 0.29) is 0 Å². The summed E-state index contributed by atoms with van der Waals surface area (Å²) in [5, 5.41) is 0.682. The van der Waals surface area contributed by atoms with Gasteiger partial charge in [-0.25, -0.2) is 0 Å². The Morgan fingerprint density at radius 2 is 1.65 bits per heavy atom. The van der Waals surface area contributed by atoms with Crippen LogP contribution in [0.2, 0.25) is 5.02 Å². The number of ether oxygens (including phenoxy) is 1. The summed E-state index contributed by atoms with van der Waals surface area (Å²) in [6, 6.07) is 15.5. The molecule has 0 unspecified atom stereocenters. The highest BCUT2D eigenvalue weighted by atomic mass is 35.5. The third-order valence-corrected chi connectivity index (χ3v) is 2.81. The molecule has 0 aliphatic carbocycles. The maximum Gasteiger partial charge on any atom is 0.128 e. The van der Waals surface area contributed by atoms with Crippen molar-refractivity contribution in [2.45, 2.75) is 19.8 Å². The fourth-order valence-electron chi connectivity index (χ4n) is 1.59. The molecule has 0 aromatic heterocycles. The molecule has 2 aromatic carbocycles. The van der Waals surface area contributed by atoms with Gasteiger partial charge in [-0.15, -0.1) is 0 Å². The molecule has 0 atom stereocenters. The van der Waals surface area contributed by atoms with Crippen LogP contribution in [0.15, 0.2) is 48.5 Å². The second kappa shape index (κ2) is 5.24. The first-order chi connectivity index (χ1) is 8.15. The molecule has 2 aromatic rings. The fourth-order valence-corrected chi connectivity index (χ4v) is 1.77. The van der Waals surface area contributed by atoms with Crippen LogP contribution in [0, 0.1) is 0 Å². The van der Waals surface area contributed by atoms with E-state index in [9.17, 15) is 0 Å². The van der Waals surface area contributed by atoms with Crippen LogP contribution in [0.4, 0.5) is 0 Å². The third-order valence-electron chi connectivity index (χ3n) is 2.58. The van der Waals surface area contributed by atoms with Gasteiger partial charge in [0.15, 0.2) is 0 Å². The van der Waals surface area contributed by atoms with Crippen LogP contribution in [-0.4, -0.2) is 0 Å². The molecule has 0 amide bonds. The van der Waals surface area contributed by atoms with Gasteiger partial charge in [0.2, 0.25) is 0 Å². The van der Waals surface area contributed by atoms with Gasteiger partial charge in [0.25, 0.3) is 0 Å². The zero-order valence-electron chi connectivity index (χ0n) is 9.98. The predicted molar refractivity (Wildman–Crippen MR) is 72.1 cm³/mol. The summed E-state index contributed by atoms with van der Waals surface area (Å²) in [5.74, 6) is 2.13. The number of hydrogen-bond acceptors (Lipinski definition) is 1. The van der Waals surface area contributed by atoms with Crippen molar-refractivity contribution in [3.8, 4) is 11.5 Å². The number of rotatable bonds is 3. The largest absolute Gasteiger partial charge is 0.457 e. The van der Waals surface area contributed by atoms with Gasteiger partial charge in [0.05, 0.1) is 0 Å². The minimum Gasteiger partial charge on any atom is -0.457 e. The van der Waals surface area contributed by atoms with Crippen molar-refractivity contribution < 1.29 is 4.74 Å². The van der Waals surface area contributed by atoms with Gasteiger partial charge in [-0.1, -0.05) is 43.6 Å². The Balaban J connectivity index is 2.14. The van der Waals surface area contributed by atoms with Crippen molar-refractivity contribution in [1.29, 1.82) is 0 Å². The van der Waals surface area contributed by atoms with Crippen molar-refractivity contribution in [3.05, 3.63) is 59.1 Å². The maximum atomic E-state index is 5.90. The van der Waals surface area contributed by atoms with Crippen LogP contribution in [0.3, 0.4) is 0 Å². The Morgan fingerprint density at radius 1 is 0.941 bits per heavy atom. The van der Waals surface area contributed by atoms with E-state index in [0.717, 1.165) is 11.5 Å². The predicted octanol–water partition coefficient (Wildman–Crippen LogP) is 5.26. The molecule has 0 spiro atoms. The van der Waals surface area contributed by atoms with E-state index < -0.39 is 0 Å². The Morgan fingerprint density at radius 3 is 2.24 bits per heavy atom.